The van der Waals surface area contributed by atoms with Crippen molar-refractivity contribution in [2.45, 2.75) is 57.8 Å². The van der Waals surface area contributed by atoms with E-state index in [0.29, 0.717) is 31.5 Å². The molecule has 0 unspecified atom stereocenters. The predicted molar refractivity (Wildman–Crippen MR) is 166 cm³/mol. The zero-order valence-electron chi connectivity index (χ0n) is 25.8. The number of anilines is 1. The van der Waals surface area contributed by atoms with Crippen LogP contribution in [-0.2, 0) is 16.1 Å². The van der Waals surface area contributed by atoms with E-state index in [1.165, 1.54) is 6.07 Å². The molecule has 0 saturated carbocycles. The van der Waals surface area contributed by atoms with Crippen LogP contribution in [0.4, 0.5) is 24.3 Å². The average Bonchev–Trinajstić information content (AvgIpc) is 3.43. The van der Waals surface area contributed by atoms with Gasteiger partial charge in [0.1, 0.15) is 23.8 Å². The molecule has 0 bridgehead atoms. The summed E-state index contributed by atoms with van der Waals surface area (Å²) in [7, 11) is 0. The number of hydrogen-bond acceptors (Lipinski definition) is 7. The van der Waals surface area contributed by atoms with Gasteiger partial charge in [-0.25, -0.2) is 28.3 Å². The molecule has 0 spiro atoms. The molecular weight excluding hydrogens is 580 g/mol. The zero-order valence-corrected chi connectivity index (χ0v) is 25.8. The second kappa shape index (κ2) is 14.0. The molecule has 45 heavy (non-hydrogen) atoms. The van der Waals surface area contributed by atoms with Crippen molar-refractivity contribution in [2.24, 2.45) is 5.92 Å². The lowest BCUT2D eigenvalue weighted by molar-refractivity contribution is 0.0504. The number of rotatable bonds is 7. The van der Waals surface area contributed by atoms with E-state index in [4.69, 9.17) is 9.47 Å². The van der Waals surface area contributed by atoms with E-state index in [2.05, 4.69) is 21.4 Å². The maximum absolute atomic E-state index is 14.8. The number of carbonyl (C=O) groups is 2. The molecule has 2 saturated heterocycles. The first-order chi connectivity index (χ1) is 21.5. The van der Waals surface area contributed by atoms with Crippen LogP contribution in [0.15, 0.2) is 67.0 Å². The van der Waals surface area contributed by atoms with E-state index in [1.54, 1.807) is 38.1 Å². The topological polar surface area (TPSA) is 96.9 Å². The van der Waals surface area contributed by atoms with E-state index in [-0.39, 0.29) is 24.8 Å². The number of benzene rings is 2. The van der Waals surface area contributed by atoms with E-state index >= 15 is 0 Å². The van der Waals surface area contributed by atoms with Gasteiger partial charge in [0.15, 0.2) is 0 Å². The molecule has 2 aliphatic rings. The minimum absolute atomic E-state index is 0.175. The smallest absolute Gasteiger partial charge is 0.410 e. The number of carbonyl (C=O) groups excluding carboxylic acids is 2. The van der Waals surface area contributed by atoms with E-state index in [1.807, 2.05) is 41.3 Å². The SMILES string of the molecule is CC(C)(C)OC(=O)N[C@H]1CN(c2ncc(/C=C/C3CCN(C(=O)OCc4ccccc4)CC3)cn2)C[C@@H]1c1cc(F)ccc1F. The maximum Gasteiger partial charge on any atom is 0.410 e. The fraction of sp³-hybridized carbons (Fsp3) is 0.412. The Labute approximate surface area is 262 Å². The summed E-state index contributed by atoms with van der Waals surface area (Å²) in [6, 6.07) is 12.4. The molecule has 2 fully saturated rings. The Morgan fingerprint density at radius 1 is 1.02 bits per heavy atom. The van der Waals surface area contributed by atoms with Crippen LogP contribution in [0.5, 0.6) is 0 Å². The van der Waals surface area contributed by atoms with Gasteiger partial charge in [-0.15, -0.1) is 0 Å². The van der Waals surface area contributed by atoms with E-state index < -0.39 is 35.3 Å². The quantitative estimate of drug-likeness (QED) is 0.331. The lowest BCUT2D eigenvalue weighted by Gasteiger charge is -2.30. The fourth-order valence-electron chi connectivity index (χ4n) is 5.60. The summed E-state index contributed by atoms with van der Waals surface area (Å²) >= 11 is 0. The highest BCUT2D eigenvalue weighted by Gasteiger charge is 2.38. The second-order valence-electron chi connectivity index (χ2n) is 12.5. The molecule has 2 atom stereocenters. The molecule has 9 nitrogen and oxygen atoms in total. The van der Waals surface area contributed by atoms with Gasteiger partial charge in [0.25, 0.3) is 0 Å². The van der Waals surface area contributed by atoms with Gasteiger partial charge in [-0.05, 0) is 68.9 Å². The van der Waals surface area contributed by atoms with E-state index in [0.717, 1.165) is 36.1 Å². The Balaban J connectivity index is 1.17. The summed E-state index contributed by atoms with van der Waals surface area (Å²) in [5, 5.41) is 2.83. The van der Waals surface area contributed by atoms with Crippen LogP contribution in [0.2, 0.25) is 0 Å². The number of ether oxygens (including phenoxy) is 2. The van der Waals surface area contributed by atoms with Crippen molar-refractivity contribution in [3.05, 3.63) is 95.3 Å². The van der Waals surface area contributed by atoms with Crippen LogP contribution in [0.25, 0.3) is 6.08 Å². The van der Waals surface area contributed by atoms with Gasteiger partial charge in [0.05, 0.1) is 6.04 Å². The third kappa shape index (κ3) is 8.77. The zero-order chi connectivity index (χ0) is 32.0. The Morgan fingerprint density at radius 2 is 1.73 bits per heavy atom. The van der Waals surface area contributed by atoms with Gasteiger partial charge in [-0.1, -0.05) is 42.5 Å². The number of aromatic nitrogens is 2. The first-order valence-electron chi connectivity index (χ1n) is 15.2. The molecule has 1 aromatic heterocycles. The summed E-state index contributed by atoms with van der Waals surface area (Å²) in [5.41, 5.74) is 1.24. The van der Waals surface area contributed by atoms with Crippen molar-refractivity contribution in [1.82, 2.24) is 20.2 Å². The number of amides is 2. The molecular formula is C34H39F2N5O4. The number of nitrogens with zero attached hydrogens (tertiary/aromatic N) is 4. The van der Waals surface area contributed by atoms with Crippen LogP contribution in [0, 0.1) is 17.6 Å². The first kappa shape index (κ1) is 31.9. The van der Waals surface area contributed by atoms with Crippen LogP contribution in [0.3, 0.4) is 0 Å². The summed E-state index contributed by atoms with van der Waals surface area (Å²) < 4.78 is 39.7. The highest BCUT2D eigenvalue weighted by Crippen LogP contribution is 2.32. The van der Waals surface area contributed by atoms with Crippen molar-refractivity contribution in [1.29, 1.82) is 0 Å². The first-order valence-corrected chi connectivity index (χ1v) is 15.2. The third-order valence-corrected chi connectivity index (χ3v) is 7.88. The Bertz CT molecular complexity index is 1490. The number of piperidine rings is 1. The van der Waals surface area contributed by atoms with Crippen LogP contribution >= 0.6 is 0 Å². The fourth-order valence-corrected chi connectivity index (χ4v) is 5.60. The number of hydrogen-bond donors (Lipinski definition) is 1. The molecule has 2 aliphatic heterocycles. The largest absolute Gasteiger partial charge is 0.445 e. The predicted octanol–water partition coefficient (Wildman–Crippen LogP) is 6.31. The minimum Gasteiger partial charge on any atom is -0.445 e. The molecule has 5 rings (SSSR count). The highest BCUT2D eigenvalue weighted by atomic mass is 19.1. The normalized spacial score (nSPS) is 19.1. The molecule has 1 N–H and O–H groups in total. The summed E-state index contributed by atoms with van der Waals surface area (Å²) in [4.78, 5) is 37.7. The molecule has 238 valence electrons. The summed E-state index contributed by atoms with van der Waals surface area (Å²) in [6.45, 7) is 7.35. The Morgan fingerprint density at radius 3 is 2.42 bits per heavy atom. The van der Waals surface area contributed by atoms with Gasteiger partial charge in [0, 0.05) is 50.1 Å². The number of likely N-dealkylation sites (tertiary alicyclic amines) is 1. The number of halogens is 2. The van der Waals surface area contributed by atoms with Crippen LogP contribution in [-0.4, -0.2) is 64.9 Å². The third-order valence-electron chi connectivity index (χ3n) is 7.88. The van der Waals surface area contributed by atoms with Crippen molar-refractivity contribution in [3.8, 4) is 0 Å². The van der Waals surface area contributed by atoms with Crippen LogP contribution in [0.1, 0.15) is 56.2 Å². The molecule has 3 heterocycles. The van der Waals surface area contributed by atoms with Gasteiger partial charge in [-0.2, -0.15) is 0 Å². The Kier molecular flexibility index (Phi) is 9.95. The number of nitrogens with one attached hydrogen (secondary N) is 1. The molecule has 0 aliphatic carbocycles. The van der Waals surface area contributed by atoms with Crippen molar-refractivity contribution in [3.63, 3.8) is 0 Å². The molecule has 2 amide bonds. The lowest BCUT2D eigenvalue weighted by atomic mass is 9.94. The molecule has 2 aromatic carbocycles. The maximum atomic E-state index is 14.8. The minimum atomic E-state index is -0.709. The van der Waals surface area contributed by atoms with Crippen molar-refractivity contribution in [2.75, 3.05) is 31.1 Å². The van der Waals surface area contributed by atoms with Crippen LogP contribution < -0.4 is 10.2 Å². The van der Waals surface area contributed by atoms with Gasteiger partial charge in [-0.3, -0.25) is 0 Å². The lowest BCUT2D eigenvalue weighted by Crippen LogP contribution is -2.43. The summed E-state index contributed by atoms with van der Waals surface area (Å²) in [5.74, 6) is -0.914. The Hall–Kier alpha value is -4.54. The van der Waals surface area contributed by atoms with Gasteiger partial charge in [0.2, 0.25) is 5.95 Å². The molecule has 3 aromatic rings. The average molecular weight is 620 g/mol. The van der Waals surface area contributed by atoms with Gasteiger partial charge >= 0.3 is 12.2 Å². The molecule has 0 radical (unpaired) electrons. The van der Waals surface area contributed by atoms with E-state index in [9.17, 15) is 18.4 Å². The monoisotopic (exact) mass is 619 g/mol. The number of allylic oxidation sites excluding steroid dienone is 1. The number of alkyl carbamates (subject to hydrolysis) is 1. The van der Waals surface area contributed by atoms with Crippen molar-refractivity contribution >= 4 is 24.2 Å². The summed E-state index contributed by atoms with van der Waals surface area (Å²) in [6.07, 6.45) is 8.24. The second-order valence-corrected chi connectivity index (χ2v) is 12.5. The van der Waals surface area contributed by atoms with Crippen molar-refractivity contribution < 1.29 is 27.8 Å². The standard InChI is InChI=1S/C34H39F2N5O4/c1-34(2,3)45-32(42)39-30-21-41(20-28(30)27-17-26(35)11-12-29(27)36)31-37-18-25(19-38-31)10-9-23-13-15-40(16-14-23)33(43)44-22-24-7-5-4-6-8-24/h4-12,17-19,23,28,30H,13-16,20-22H2,1-3H3,(H,39,42)/b10-9+/t28-,30+/m1/s1. The van der Waals surface area contributed by atoms with Gasteiger partial charge < -0.3 is 24.6 Å². The molecule has 11 heteroatoms. The highest BCUT2D eigenvalue weighted by molar-refractivity contribution is 5.69.